The molecule has 0 spiro atoms. The highest BCUT2D eigenvalue weighted by Crippen LogP contribution is 2.45. The highest BCUT2D eigenvalue weighted by molar-refractivity contribution is 6.31. The van der Waals surface area contributed by atoms with E-state index in [0.717, 1.165) is 11.6 Å². The molecule has 4 heteroatoms. The summed E-state index contributed by atoms with van der Waals surface area (Å²) in [5.41, 5.74) is 1.75. The molecule has 0 bridgehead atoms. The largest absolute Gasteiger partial charge is 0.491 e. The summed E-state index contributed by atoms with van der Waals surface area (Å²) in [5.74, 6) is 1.45. The highest BCUT2D eigenvalue weighted by Gasteiger charge is 2.36. The average Bonchev–Trinajstić information content (AvgIpc) is 2.45. The Bertz CT molecular complexity index is 543. The molecule has 0 atom stereocenters. The maximum Gasteiger partial charge on any atom is 0.179 e. The number of rotatable bonds is 5. The van der Waals surface area contributed by atoms with E-state index in [1.807, 2.05) is 6.07 Å². The quantitative estimate of drug-likeness (QED) is 0.642. The van der Waals surface area contributed by atoms with Gasteiger partial charge in [0.15, 0.2) is 10.9 Å². The molecule has 136 valence electrons. The number of hydrogen-bond acceptors (Lipinski definition) is 3. The monoisotopic (exact) mass is 352 g/mol. The molecule has 1 saturated carbocycles. The van der Waals surface area contributed by atoms with Crippen LogP contribution in [0.2, 0.25) is 5.15 Å². The third-order valence-corrected chi connectivity index (χ3v) is 5.51. The van der Waals surface area contributed by atoms with Gasteiger partial charge in [-0.05, 0) is 54.9 Å². The van der Waals surface area contributed by atoms with E-state index >= 15 is 0 Å². The van der Waals surface area contributed by atoms with E-state index in [0.29, 0.717) is 27.8 Å². The molecular weight excluding hydrogens is 320 g/mol. The number of hydrogen-bond donors (Lipinski definition) is 1. The summed E-state index contributed by atoms with van der Waals surface area (Å²) in [6.45, 7) is 11.9. The van der Waals surface area contributed by atoms with E-state index in [4.69, 9.17) is 16.3 Å². The lowest BCUT2D eigenvalue weighted by atomic mass is 9.64. The summed E-state index contributed by atoms with van der Waals surface area (Å²) in [6, 6.07) is 2.43. The zero-order valence-corrected chi connectivity index (χ0v) is 16.8. The van der Waals surface area contributed by atoms with Gasteiger partial charge in [0.25, 0.3) is 0 Å². The molecule has 0 radical (unpaired) electrons. The van der Waals surface area contributed by atoms with Gasteiger partial charge in [0, 0.05) is 12.2 Å². The number of ether oxygens (including phenoxy) is 1. The lowest BCUT2D eigenvalue weighted by molar-refractivity contribution is 0.0968. The van der Waals surface area contributed by atoms with Crippen molar-refractivity contribution in [3.05, 3.63) is 17.4 Å². The molecule has 3 nitrogen and oxygen atoms in total. The molecule has 1 heterocycles. The van der Waals surface area contributed by atoms with Gasteiger partial charge < -0.3 is 10.1 Å². The first-order valence-corrected chi connectivity index (χ1v) is 9.45. The van der Waals surface area contributed by atoms with Gasteiger partial charge in [-0.3, -0.25) is 0 Å². The van der Waals surface area contributed by atoms with Crippen molar-refractivity contribution in [3.8, 4) is 5.75 Å². The van der Waals surface area contributed by atoms with Gasteiger partial charge in [-0.1, -0.05) is 46.2 Å². The molecule has 1 aromatic heterocycles. The first-order chi connectivity index (χ1) is 11.1. The molecule has 1 aromatic rings. The van der Waals surface area contributed by atoms with Gasteiger partial charge in [-0.25, -0.2) is 4.98 Å². The minimum absolute atomic E-state index is 0.389. The summed E-state index contributed by atoms with van der Waals surface area (Å²) < 4.78 is 5.39. The molecule has 0 unspecified atom stereocenters. The first kappa shape index (κ1) is 19.4. The Morgan fingerprint density at radius 2 is 1.79 bits per heavy atom. The second kappa shape index (κ2) is 7.51. The van der Waals surface area contributed by atoms with E-state index < -0.39 is 0 Å². The molecule has 24 heavy (non-hydrogen) atoms. The fourth-order valence-electron chi connectivity index (χ4n) is 4.48. The van der Waals surface area contributed by atoms with Crippen molar-refractivity contribution in [2.45, 2.75) is 72.8 Å². The smallest absolute Gasteiger partial charge is 0.179 e. The summed E-state index contributed by atoms with van der Waals surface area (Å²) >= 11 is 6.12. The standard InChI is InChI=1S/C20H33ClN2O/c1-19(2,3)13-20(4,5)14-7-9-15(10-8-14)23-16-11-12-22-18(21)17(16)24-6/h11-12,14-15H,7-10,13H2,1-6H3,(H,22,23)/t14-,15-. The molecule has 0 aliphatic heterocycles. The predicted molar refractivity (Wildman–Crippen MR) is 103 cm³/mol. The van der Waals surface area contributed by atoms with Gasteiger partial charge in [-0.15, -0.1) is 0 Å². The Morgan fingerprint density at radius 1 is 1.17 bits per heavy atom. The van der Waals surface area contributed by atoms with Crippen LogP contribution in [-0.2, 0) is 0 Å². The van der Waals surface area contributed by atoms with Gasteiger partial charge in [0.05, 0.1) is 12.8 Å². The molecule has 1 N–H and O–H groups in total. The second-order valence-electron chi connectivity index (χ2n) is 9.10. The van der Waals surface area contributed by atoms with Crippen molar-refractivity contribution < 1.29 is 4.74 Å². The number of aromatic nitrogens is 1. The number of pyridine rings is 1. The topological polar surface area (TPSA) is 34.1 Å². The van der Waals surface area contributed by atoms with Crippen LogP contribution in [-0.4, -0.2) is 18.1 Å². The molecule has 0 saturated heterocycles. The summed E-state index contributed by atoms with van der Waals surface area (Å²) in [4.78, 5) is 4.08. The van der Waals surface area contributed by atoms with Crippen LogP contribution in [0.25, 0.3) is 0 Å². The van der Waals surface area contributed by atoms with Gasteiger partial charge in [0.1, 0.15) is 0 Å². The molecule has 2 rings (SSSR count). The number of nitrogens with zero attached hydrogens (tertiary/aromatic N) is 1. The fraction of sp³-hybridized carbons (Fsp3) is 0.750. The summed E-state index contributed by atoms with van der Waals surface area (Å²) in [5, 5.41) is 4.03. The van der Waals surface area contributed by atoms with Crippen LogP contribution >= 0.6 is 11.6 Å². The number of methoxy groups -OCH3 is 1. The van der Waals surface area contributed by atoms with Crippen molar-refractivity contribution in [3.63, 3.8) is 0 Å². The molecule has 1 fully saturated rings. The minimum atomic E-state index is 0.389. The lowest BCUT2D eigenvalue weighted by Crippen LogP contribution is -2.35. The Hall–Kier alpha value is -0.960. The van der Waals surface area contributed by atoms with Crippen molar-refractivity contribution in [2.24, 2.45) is 16.7 Å². The number of anilines is 1. The van der Waals surface area contributed by atoms with Gasteiger partial charge in [-0.2, -0.15) is 0 Å². The van der Waals surface area contributed by atoms with Crippen LogP contribution in [0.1, 0.15) is 66.7 Å². The Labute approximate surface area is 152 Å². The van der Waals surface area contributed by atoms with Crippen LogP contribution in [0, 0.1) is 16.7 Å². The van der Waals surface area contributed by atoms with Crippen LogP contribution in [0.4, 0.5) is 5.69 Å². The molecule has 1 aliphatic rings. The van der Waals surface area contributed by atoms with Crippen LogP contribution < -0.4 is 10.1 Å². The van der Waals surface area contributed by atoms with E-state index in [-0.39, 0.29) is 0 Å². The third-order valence-electron chi connectivity index (χ3n) is 5.24. The fourth-order valence-corrected chi connectivity index (χ4v) is 4.72. The average molecular weight is 353 g/mol. The van der Waals surface area contributed by atoms with E-state index in [9.17, 15) is 0 Å². The second-order valence-corrected chi connectivity index (χ2v) is 9.46. The minimum Gasteiger partial charge on any atom is -0.491 e. The van der Waals surface area contributed by atoms with Crippen LogP contribution in [0.15, 0.2) is 12.3 Å². The van der Waals surface area contributed by atoms with Crippen molar-refractivity contribution in [1.82, 2.24) is 4.98 Å². The first-order valence-electron chi connectivity index (χ1n) is 9.07. The zero-order valence-electron chi connectivity index (χ0n) is 16.1. The molecule has 0 aromatic carbocycles. The summed E-state index contributed by atoms with van der Waals surface area (Å²) in [6.07, 6.45) is 7.95. The SMILES string of the molecule is COc1c(N[C@H]2CC[C@H](C(C)(C)CC(C)(C)C)CC2)ccnc1Cl. The van der Waals surface area contributed by atoms with Gasteiger partial charge in [0.2, 0.25) is 0 Å². The van der Waals surface area contributed by atoms with Crippen molar-refractivity contribution >= 4 is 17.3 Å². The summed E-state index contributed by atoms with van der Waals surface area (Å²) in [7, 11) is 1.64. The maximum absolute atomic E-state index is 6.12. The normalized spacial score (nSPS) is 22.3. The zero-order chi connectivity index (χ0) is 18.0. The third kappa shape index (κ3) is 5.02. The van der Waals surface area contributed by atoms with Crippen LogP contribution in [0.3, 0.4) is 0 Å². The Kier molecular flexibility index (Phi) is 6.06. The maximum atomic E-state index is 6.12. The highest BCUT2D eigenvalue weighted by atomic mass is 35.5. The number of nitrogens with one attached hydrogen (secondary N) is 1. The van der Waals surface area contributed by atoms with Crippen molar-refractivity contribution in [1.29, 1.82) is 0 Å². The lowest BCUT2D eigenvalue weighted by Gasteiger charge is -2.43. The van der Waals surface area contributed by atoms with E-state index in [1.165, 1.54) is 32.1 Å². The van der Waals surface area contributed by atoms with Gasteiger partial charge >= 0.3 is 0 Å². The van der Waals surface area contributed by atoms with E-state index in [2.05, 4.69) is 44.9 Å². The van der Waals surface area contributed by atoms with E-state index in [1.54, 1.807) is 13.3 Å². The molecular formula is C20H33ClN2O. The van der Waals surface area contributed by atoms with Crippen molar-refractivity contribution in [2.75, 3.05) is 12.4 Å². The molecule has 0 amide bonds. The Balaban J connectivity index is 1.95. The van der Waals surface area contributed by atoms with Crippen LogP contribution in [0.5, 0.6) is 5.75 Å². The molecule has 1 aliphatic carbocycles. The predicted octanol–water partition coefficient (Wildman–Crippen LogP) is 6.18. The number of halogens is 1. The Morgan fingerprint density at radius 3 is 2.33 bits per heavy atom.